The van der Waals surface area contributed by atoms with Crippen molar-refractivity contribution in [1.29, 1.82) is 0 Å². The zero-order valence-electron chi connectivity index (χ0n) is 9.73. The van der Waals surface area contributed by atoms with E-state index in [9.17, 15) is 0 Å². The van der Waals surface area contributed by atoms with Crippen LogP contribution in [0.15, 0.2) is 18.5 Å². The van der Waals surface area contributed by atoms with E-state index >= 15 is 0 Å². The summed E-state index contributed by atoms with van der Waals surface area (Å²) in [5.41, 5.74) is 3.11. The molecule has 0 unspecified atom stereocenters. The van der Waals surface area contributed by atoms with Crippen molar-refractivity contribution < 1.29 is 0 Å². The third-order valence-electron chi connectivity index (χ3n) is 2.59. The summed E-state index contributed by atoms with van der Waals surface area (Å²) >= 11 is 0. The molecule has 80 valence electrons. The fraction of sp³-hybridized carbons (Fsp3) is 0.500. The molecule has 0 radical (unpaired) electrons. The Balaban J connectivity index is 2.61. The van der Waals surface area contributed by atoms with Crippen LogP contribution in [-0.2, 0) is 0 Å². The topological polar surface area (TPSA) is 30.7 Å². The van der Waals surface area contributed by atoms with Crippen molar-refractivity contribution in [3.8, 4) is 0 Å². The highest BCUT2D eigenvalue weighted by Gasteiger charge is 2.09. The second-order valence-electron chi connectivity index (χ2n) is 4.48. The van der Waals surface area contributed by atoms with Crippen LogP contribution in [0.4, 0.5) is 0 Å². The molecule has 0 aliphatic rings. The summed E-state index contributed by atoms with van der Waals surface area (Å²) in [4.78, 5) is 9.00. The summed E-state index contributed by atoms with van der Waals surface area (Å²) in [6.07, 6.45) is 1.87. The molecule has 3 nitrogen and oxygen atoms in total. The highest BCUT2D eigenvalue weighted by atomic mass is 15.1. The summed E-state index contributed by atoms with van der Waals surface area (Å²) in [6.45, 7) is 8.60. The fourth-order valence-corrected chi connectivity index (χ4v) is 1.62. The van der Waals surface area contributed by atoms with Gasteiger partial charge in [-0.15, -0.1) is 0 Å². The number of nitrogens with zero attached hydrogens (tertiary/aromatic N) is 3. The van der Waals surface area contributed by atoms with Crippen LogP contribution in [0, 0.1) is 0 Å². The first-order chi connectivity index (χ1) is 7.09. The Kier molecular flexibility index (Phi) is 2.47. The Morgan fingerprint density at radius 3 is 2.47 bits per heavy atom. The first-order valence-electron chi connectivity index (χ1n) is 5.43. The van der Waals surface area contributed by atoms with Gasteiger partial charge in [-0.05, 0) is 31.9 Å². The van der Waals surface area contributed by atoms with E-state index in [1.165, 1.54) is 0 Å². The Bertz CT molecular complexity index is 469. The summed E-state index contributed by atoms with van der Waals surface area (Å²) < 4.78 is 2.11. The fourth-order valence-electron chi connectivity index (χ4n) is 1.62. The Hall–Kier alpha value is -1.38. The van der Waals surface area contributed by atoms with Gasteiger partial charge in [0.25, 0.3) is 0 Å². The number of rotatable bonds is 2. The number of aromatic nitrogens is 3. The lowest BCUT2D eigenvalue weighted by Gasteiger charge is -2.09. The van der Waals surface area contributed by atoms with Crippen molar-refractivity contribution in [2.24, 2.45) is 0 Å². The number of pyridine rings is 1. The van der Waals surface area contributed by atoms with Gasteiger partial charge in [0.05, 0.1) is 6.33 Å². The van der Waals surface area contributed by atoms with Crippen molar-refractivity contribution in [2.75, 3.05) is 0 Å². The molecule has 0 aliphatic carbocycles. The molecule has 2 aromatic heterocycles. The molecule has 0 aromatic carbocycles. The van der Waals surface area contributed by atoms with E-state index in [2.05, 4.69) is 54.4 Å². The first-order valence-corrected chi connectivity index (χ1v) is 5.43. The maximum absolute atomic E-state index is 4.66. The van der Waals surface area contributed by atoms with Crippen molar-refractivity contribution in [3.63, 3.8) is 0 Å². The predicted octanol–water partition coefficient (Wildman–Crippen LogP) is 3.14. The van der Waals surface area contributed by atoms with E-state index in [4.69, 9.17) is 0 Å². The molecule has 2 rings (SSSR count). The quantitative estimate of drug-likeness (QED) is 0.750. The minimum absolute atomic E-state index is 0.407. The predicted molar refractivity (Wildman–Crippen MR) is 62.0 cm³/mol. The molecule has 0 saturated heterocycles. The monoisotopic (exact) mass is 203 g/mol. The van der Waals surface area contributed by atoms with Crippen molar-refractivity contribution in [3.05, 3.63) is 24.2 Å². The van der Waals surface area contributed by atoms with Gasteiger partial charge < -0.3 is 4.57 Å². The average Bonchev–Trinajstić information content (AvgIpc) is 2.59. The molecule has 2 heterocycles. The summed E-state index contributed by atoms with van der Waals surface area (Å²) in [5, 5.41) is 0. The Morgan fingerprint density at radius 2 is 1.87 bits per heavy atom. The molecule has 0 bridgehead atoms. The molecule has 0 atom stereocenters. The zero-order valence-corrected chi connectivity index (χ0v) is 9.73. The van der Waals surface area contributed by atoms with Crippen molar-refractivity contribution in [2.45, 2.75) is 39.7 Å². The minimum atomic E-state index is 0.407. The van der Waals surface area contributed by atoms with Gasteiger partial charge in [0.1, 0.15) is 5.52 Å². The van der Waals surface area contributed by atoms with E-state index in [0.29, 0.717) is 12.0 Å². The number of fused-ring (bicyclic) bond motifs is 1. The van der Waals surface area contributed by atoms with Crippen molar-refractivity contribution >= 4 is 11.2 Å². The molecule has 3 heteroatoms. The molecule has 0 fully saturated rings. The average molecular weight is 203 g/mol. The second kappa shape index (κ2) is 3.65. The summed E-state index contributed by atoms with van der Waals surface area (Å²) in [5.74, 6) is 0.463. The van der Waals surface area contributed by atoms with Gasteiger partial charge in [-0.2, -0.15) is 0 Å². The van der Waals surface area contributed by atoms with Crippen LogP contribution in [0.5, 0.6) is 0 Å². The Morgan fingerprint density at radius 1 is 1.13 bits per heavy atom. The number of hydrogen-bond donors (Lipinski definition) is 0. The maximum atomic E-state index is 4.66. The van der Waals surface area contributed by atoms with E-state index in [-0.39, 0.29) is 0 Å². The van der Waals surface area contributed by atoms with E-state index in [1.807, 2.05) is 6.33 Å². The zero-order chi connectivity index (χ0) is 11.0. The minimum Gasteiger partial charge on any atom is -0.313 e. The maximum Gasteiger partial charge on any atom is 0.160 e. The third kappa shape index (κ3) is 1.74. The van der Waals surface area contributed by atoms with Crippen LogP contribution in [0.25, 0.3) is 11.2 Å². The van der Waals surface area contributed by atoms with Gasteiger partial charge in [-0.1, -0.05) is 13.8 Å². The SMILES string of the molecule is CC(C)c1ccc2ncn(C(C)C)c2n1. The molecule has 0 spiro atoms. The molecular weight excluding hydrogens is 186 g/mol. The van der Waals surface area contributed by atoms with Crippen LogP contribution in [0.3, 0.4) is 0 Å². The summed E-state index contributed by atoms with van der Waals surface area (Å²) in [6, 6.07) is 4.52. The first kappa shape index (κ1) is 10.1. The third-order valence-corrected chi connectivity index (χ3v) is 2.59. The van der Waals surface area contributed by atoms with E-state index in [0.717, 1.165) is 16.9 Å². The van der Waals surface area contributed by atoms with Crippen LogP contribution in [0.1, 0.15) is 45.3 Å². The van der Waals surface area contributed by atoms with Crippen molar-refractivity contribution in [1.82, 2.24) is 14.5 Å². The number of imidazole rings is 1. The number of hydrogen-bond acceptors (Lipinski definition) is 2. The standard InChI is InChI=1S/C12H17N3/c1-8(2)10-5-6-11-12(14-10)15(7-13-11)9(3)4/h5-9H,1-4H3. The van der Waals surface area contributed by atoms with Crippen LogP contribution < -0.4 is 0 Å². The highest BCUT2D eigenvalue weighted by molar-refractivity contribution is 5.71. The van der Waals surface area contributed by atoms with E-state index < -0.39 is 0 Å². The smallest absolute Gasteiger partial charge is 0.160 e. The lowest BCUT2D eigenvalue weighted by atomic mass is 10.1. The Labute approximate surface area is 90.2 Å². The molecule has 0 saturated carbocycles. The van der Waals surface area contributed by atoms with Crippen LogP contribution in [0.2, 0.25) is 0 Å². The molecule has 0 N–H and O–H groups in total. The highest BCUT2D eigenvalue weighted by Crippen LogP contribution is 2.19. The van der Waals surface area contributed by atoms with Gasteiger partial charge in [-0.3, -0.25) is 0 Å². The van der Waals surface area contributed by atoms with Gasteiger partial charge in [0, 0.05) is 11.7 Å². The largest absolute Gasteiger partial charge is 0.313 e. The van der Waals surface area contributed by atoms with Gasteiger partial charge in [-0.25, -0.2) is 9.97 Å². The van der Waals surface area contributed by atoms with Crippen LogP contribution in [-0.4, -0.2) is 14.5 Å². The molecular formula is C12H17N3. The molecule has 0 amide bonds. The van der Waals surface area contributed by atoms with Gasteiger partial charge in [0.15, 0.2) is 5.65 Å². The van der Waals surface area contributed by atoms with E-state index in [1.54, 1.807) is 0 Å². The molecule has 2 aromatic rings. The molecule has 0 aliphatic heterocycles. The lowest BCUT2D eigenvalue weighted by molar-refractivity contribution is 0.611. The lowest BCUT2D eigenvalue weighted by Crippen LogP contribution is -2.01. The molecule has 15 heavy (non-hydrogen) atoms. The van der Waals surface area contributed by atoms with Gasteiger partial charge >= 0.3 is 0 Å². The summed E-state index contributed by atoms with van der Waals surface area (Å²) in [7, 11) is 0. The second-order valence-corrected chi connectivity index (χ2v) is 4.48. The normalized spacial score (nSPS) is 11.9. The van der Waals surface area contributed by atoms with Crippen LogP contribution >= 0.6 is 0 Å². The van der Waals surface area contributed by atoms with Gasteiger partial charge in [0.2, 0.25) is 0 Å².